The van der Waals surface area contributed by atoms with Crippen molar-refractivity contribution in [2.75, 3.05) is 0 Å². The van der Waals surface area contributed by atoms with E-state index in [4.69, 9.17) is 0 Å². The van der Waals surface area contributed by atoms with Crippen molar-refractivity contribution < 1.29 is 4.39 Å². The Morgan fingerprint density at radius 2 is 2.29 bits per heavy atom. The zero-order chi connectivity index (χ0) is 14.8. The van der Waals surface area contributed by atoms with Gasteiger partial charge in [-0.3, -0.25) is 0 Å². The smallest absolute Gasteiger partial charge is 0.129 e. The summed E-state index contributed by atoms with van der Waals surface area (Å²) in [5, 5.41) is 3.59. The number of halogens is 2. The van der Waals surface area contributed by atoms with E-state index < -0.39 is 0 Å². The molecule has 0 aliphatic heterocycles. The van der Waals surface area contributed by atoms with Crippen LogP contribution in [0.25, 0.3) is 0 Å². The van der Waals surface area contributed by atoms with Gasteiger partial charge in [0.15, 0.2) is 0 Å². The molecule has 0 spiro atoms. The minimum absolute atomic E-state index is 0.00720. The number of hydrogen-bond donors (Lipinski definition) is 1. The van der Waals surface area contributed by atoms with Crippen LogP contribution in [0.15, 0.2) is 41.4 Å². The molecule has 0 radical (unpaired) electrons. The van der Waals surface area contributed by atoms with Crippen LogP contribution < -0.4 is 5.32 Å². The number of rotatable bonds is 4. The Hall–Kier alpha value is -1.20. The molecule has 3 atom stereocenters. The Morgan fingerprint density at radius 3 is 3.00 bits per heavy atom. The molecule has 3 unspecified atom stereocenters. The fourth-order valence-electron chi connectivity index (χ4n) is 3.22. The zero-order valence-corrected chi connectivity index (χ0v) is 13.6. The molecular weight excluding hydrogens is 333 g/mol. The summed E-state index contributed by atoms with van der Waals surface area (Å²) >= 11 is 3.30. The Bertz CT molecular complexity index is 600. The van der Waals surface area contributed by atoms with E-state index in [0.29, 0.717) is 12.1 Å². The van der Waals surface area contributed by atoms with Gasteiger partial charge in [0.05, 0.1) is 6.33 Å². The Morgan fingerprint density at radius 1 is 1.43 bits per heavy atom. The van der Waals surface area contributed by atoms with Gasteiger partial charge in [-0.1, -0.05) is 22.0 Å². The highest BCUT2D eigenvalue weighted by Gasteiger charge is 2.29. The molecule has 2 aromatic rings. The molecule has 1 fully saturated rings. The maximum atomic E-state index is 14.1. The predicted octanol–water partition coefficient (Wildman–Crippen LogP) is 4.23. The van der Waals surface area contributed by atoms with E-state index in [9.17, 15) is 4.39 Å². The lowest BCUT2D eigenvalue weighted by atomic mass is 10.0. The van der Waals surface area contributed by atoms with Crippen molar-refractivity contribution >= 4 is 15.9 Å². The Labute approximate surface area is 132 Å². The van der Waals surface area contributed by atoms with Gasteiger partial charge in [-0.15, -0.1) is 0 Å². The molecule has 1 aliphatic rings. The SMILES string of the molecule is CC(NC1CCCC1n1ccnc1)c1ccc(Br)cc1F. The van der Waals surface area contributed by atoms with Crippen LogP contribution in [0.3, 0.4) is 0 Å². The molecule has 1 N–H and O–H groups in total. The molecule has 5 heteroatoms. The number of aromatic nitrogens is 2. The summed E-state index contributed by atoms with van der Waals surface area (Å²) in [4.78, 5) is 4.13. The van der Waals surface area contributed by atoms with Crippen molar-refractivity contribution in [2.45, 2.75) is 44.3 Å². The van der Waals surface area contributed by atoms with Crippen molar-refractivity contribution in [3.63, 3.8) is 0 Å². The summed E-state index contributed by atoms with van der Waals surface area (Å²) in [6, 6.07) is 6.02. The van der Waals surface area contributed by atoms with Crippen molar-refractivity contribution in [1.29, 1.82) is 0 Å². The average Bonchev–Trinajstić information content (AvgIpc) is 3.08. The molecule has 0 saturated heterocycles. The lowest BCUT2D eigenvalue weighted by Crippen LogP contribution is -2.35. The zero-order valence-electron chi connectivity index (χ0n) is 12.0. The fourth-order valence-corrected chi connectivity index (χ4v) is 3.55. The van der Waals surface area contributed by atoms with Crippen LogP contribution in [0.5, 0.6) is 0 Å². The van der Waals surface area contributed by atoms with E-state index in [0.717, 1.165) is 22.9 Å². The third-order valence-corrected chi connectivity index (χ3v) is 4.77. The number of nitrogens with zero attached hydrogens (tertiary/aromatic N) is 2. The van der Waals surface area contributed by atoms with Gasteiger partial charge in [0.2, 0.25) is 0 Å². The third kappa shape index (κ3) is 3.19. The number of imidazole rings is 1. The van der Waals surface area contributed by atoms with Gasteiger partial charge in [-0.2, -0.15) is 0 Å². The Balaban J connectivity index is 1.73. The lowest BCUT2D eigenvalue weighted by Gasteiger charge is -2.26. The van der Waals surface area contributed by atoms with Gasteiger partial charge < -0.3 is 9.88 Å². The molecule has 21 heavy (non-hydrogen) atoms. The minimum atomic E-state index is -0.165. The van der Waals surface area contributed by atoms with Crippen LogP contribution in [0.2, 0.25) is 0 Å². The standard InChI is InChI=1S/C16H19BrFN3/c1-11(13-6-5-12(17)9-14(13)18)20-15-3-2-4-16(15)21-8-7-19-10-21/h5-11,15-16,20H,2-4H2,1H3. The highest BCUT2D eigenvalue weighted by atomic mass is 79.9. The minimum Gasteiger partial charge on any atom is -0.333 e. The largest absolute Gasteiger partial charge is 0.333 e. The first-order valence-electron chi connectivity index (χ1n) is 7.33. The molecule has 112 valence electrons. The average molecular weight is 352 g/mol. The summed E-state index contributed by atoms with van der Waals surface area (Å²) in [5.41, 5.74) is 0.717. The second-order valence-corrected chi connectivity index (χ2v) is 6.58. The van der Waals surface area contributed by atoms with Gasteiger partial charge >= 0.3 is 0 Å². The first-order valence-corrected chi connectivity index (χ1v) is 8.13. The number of nitrogens with one attached hydrogen (secondary N) is 1. The second-order valence-electron chi connectivity index (χ2n) is 5.67. The van der Waals surface area contributed by atoms with E-state index in [1.165, 1.54) is 12.5 Å². The molecule has 0 amide bonds. The molecule has 1 aromatic heterocycles. The molecule has 1 saturated carbocycles. The van der Waals surface area contributed by atoms with Crippen LogP contribution in [0, 0.1) is 5.82 Å². The van der Waals surface area contributed by atoms with Crippen molar-refractivity contribution in [3.05, 3.63) is 52.8 Å². The molecule has 1 heterocycles. The van der Waals surface area contributed by atoms with Crippen LogP contribution >= 0.6 is 15.9 Å². The summed E-state index contributed by atoms with van der Waals surface area (Å²) in [5.74, 6) is -0.165. The van der Waals surface area contributed by atoms with Crippen LogP contribution in [-0.2, 0) is 0 Å². The molecule has 1 aliphatic carbocycles. The molecule has 1 aromatic carbocycles. The number of hydrogen-bond acceptors (Lipinski definition) is 2. The molecular formula is C16H19BrFN3. The van der Waals surface area contributed by atoms with E-state index in [-0.39, 0.29) is 11.9 Å². The first kappa shape index (κ1) is 14.7. The number of benzene rings is 1. The monoisotopic (exact) mass is 351 g/mol. The van der Waals surface area contributed by atoms with E-state index in [1.54, 1.807) is 0 Å². The van der Waals surface area contributed by atoms with Gasteiger partial charge in [-0.25, -0.2) is 9.37 Å². The van der Waals surface area contributed by atoms with E-state index in [1.807, 2.05) is 37.8 Å². The molecule has 3 rings (SSSR count). The van der Waals surface area contributed by atoms with Crippen molar-refractivity contribution in [2.24, 2.45) is 0 Å². The third-order valence-electron chi connectivity index (χ3n) is 4.28. The Kier molecular flexibility index (Phi) is 4.40. The normalized spacial score (nSPS) is 23.4. The molecule has 3 nitrogen and oxygen atoms in total. The van der Waals surface area contributed by atoms with Crippen molar-refractivity contribution in [1.82, 2.24) is 14.9 Å². The maximum absolute atomic E-state index is 14.1. The van der Waals surface area contributed by atoms with Gasteiger partial charge in [0.25, 0.3) is 0 Å². The van der Waals surface area contributed by atoms with Gasteiger partial charge in [0.1, 0.15) is 5.82 Å². The van der Waals surface area contributed by atoms with E-state index in [2.05, 4.69) is 30.8 Å². The van der Waals surface area contributed by atoms with Gasteiger partial charge in [-0.05, 0) is 38.3 Å². The quantitative estimate of drug-likeness (QED) is 0.893. The molecule has 0 bridgehead atoms. The lowest BCUT2D eigenvalue weighted by molar-refractivity contribution is 0.358. The van der Waals surface area contributed by atoms with Gasteiger partial charge in [0, 0.05) is 40.6 Å². The summed E-state index contributed by atoms with van der Waals surface area (Å²) in [6.45, 7) is 2.02. The maximum Gasteiger partial charge on any atom is 0.129 e. The van der Waals surface area contributed by atoms with Crippen LogP contribution in [-0.4, -0.2) is 15.6 Å². The summed E-state index contributed by atoms with van der Waals surface area (Å²) in [7, 11) is 0. The van der Waals surface area contributed by atoms with Crippen LogP contribution in [0.4, 0.5) is 4.39 Å². The first-order chi connectivity index (χ1) is 10.1. The summed E-state index contributed by atoms with van der Waals surface area (Å²) < 4.78 is 17.0. The highest BCUT2D eigenvalue weighted by molar-refractivity contribution is 9.10. The fraction of sp³-hybridized carbons (Fsp3) is 0.438. The predicted molar refractivity (Wildman–Crippen MR) is 84.6 cm³/mol. The van der Waals surface area contributed by atoms with Crippen LogP contribution in [0.1, 0.15) is 43.8 Å². The highest BCUT2D eigenvalue weighted by Crippen LogP contribution is 2.32. The second kappa shape index (κ2) is 6.28. The summed E-state index contributed by atoms with van der Waals surface area (Å²) in [6.07, 6.45) is 9.14. The van der Waals surface area contributed by atoms with E-state index >= 15 is 0 Å². The topological polar surface area (TPSA) is 29.9 Å². The van der Waals surface area contributed by atoms with Crippen molar-refractivity contribution in [3.8, 4) is 0 Å².